The Kier molecular flexibility index (Phi) is 6.91. The molecule has 0 spiro atoms. The first-order valence-corrected chi connectivity index (χ1v) is 10.2. The van der Waals surface area contributed by atoms with Gasteiger partial charge in [0.1, 0.15) is 12.3 Å². The fourth-order valence-corrected chi connectivity index (χ4v) is 3.25. The Morgan fingerprint density at radius 3 is 2.81 bits per heavy atom. The maximum absolute atomic E-state index is 14.6. The summed E-state index contributed by atoms with van der Waals surface area (Å²) in [6.07, 6.45) is 5.53. The molecule has 31 heavy (non-hydrogen) atoms. The van der Waals surface area contributed by atoms with Crippen LogP contribution in [0.1, 0.15) is 30.4 Å². The second-order valence-electron chi connectivity index (χ2n) is 7.25. The first kappa shape index (κ1) is 21.0. The summed E-state index contributed by atoms with van der Waals surface area (Å²) in [5.41, 5.74) is 2.25. The number of amides is 1. The molecule has 1 aliphatic heterocycles. The van der Waals surface area contributed by atoms with Gasteiger partial charge in [-0.05, 0) is 43.0 Å². The molecule has 7 nitrogen and oxygen atoms in total. The Labute approximate surface area is 179 Å². The molecule has 2 heterocycles. The van der Waals surface area contributed by atoms with E-state index in [1.807, 2.05) is 30.3 Å². The quantitative estimate of drug-likeness (QED) is 0.588. The molecule has 4 rings (SSSR count). The highest BCUT2D eigenvalue weighted by Gasteiger charge is 2.15. The highest BCUT2D eigenvalue weighted by molar-refractivity contribution is 5.84. The first-order chi connectivity index (χ1) is 15.2. The molecule has 1 unspecified atom stereocenters. The van der Waals surface area contributed by atoms with Crippen LogP contribution in [0.3, 0.4) is 0 Å². The second-order valence-corrected chi connectivity index (χ2v) is 7.25. The minimum Gasteiger partial charge on any atom is -0.444 e. The third kappa shape index (κ3) is 5.90. The largest absolute Gasteiger partial charge is 0.444 e. The van der Waals surface area contributed by atoms with E-state index >= 15 is 0 Å². The van der Waals surface area contributed by atoms with Gasteiger partial charge in [0.25, 0.3) is 0 Å². The third-order valence-corrected chi connectivity index (χ3v) is 4.86. The van der Waals surface area contributed by atoms with Crippen molar-refractivity contribution in [1.82, 2.24) is 9.78 Å². The summed E-state index contributed by atoms with van der Waals surface area (Å²) in [6.45, 7) is 1.20. The molecule has 0 saturated carbocycles. The van der Waals surface area contributed by atoms with E-state index in [0.29, 0.717) is 12.3 Å². The molecule has 1 aromatic heterocycles. The number of halogens is 1. The Balaban J connectivity index is 1.32. The van der Waals surface area contributed by atoms with Gasteiger partial charge in [-0.15, -0.1) is 0 Å². The zero-order valence-corrected chi connectivity index (χ0v) is 17.0. The monoisotopic (exact) mass is 425 g/mol. The highest BCUT2D eigenvalue weighted by atomic mass is 19.1. The van der Waals surface area contributed by atoms with Crippen LogP contribution in [0.15, 0.2) is 60.9 Å². The van der Waals surface area contributed by atoms with Crippen LogP contribution in [0.2, 0.25) is 0 Å². The van der Waals surface area contributed by atoms with Crippen LogP contribution in [-0.2, 0) is 27.4 Å². The molecule has 3 aromatic rings. The van der Waals surface area contributed by atoms with E-state index in [9.17, 15) is 9.18 Å². The third-order valence-electron chi connectivity index (χ3n) is 4.86. The van der Waals surface area contributed by atoms with Crippen LogP contribution in [0.5, 0.6) is 0 Å². The zero-order chi connectivity index (χ0) is 21.5. The van der Waals surface area contributed by atoms with E-state index in [4.69, 9.17) is 14.2 Å². The number of nitrogens with one attached hydrogen (secondary N) is 1. The average Bonchev–Trinajstić information content (AvgIpc) is 3.26. The van der Waals surface area contributed by atoms with Crippen molar-refractivity contribution in [3.8, 4) is 5.69 Å². The highest BCUT2D eigenvalue weighted by Crippen LogP contribution is 2.20. The van der Waals surface area contributed by atoms with Gasteiger partial charge in [0.2, 0.25) is 0 Å². The van der Waals surface area contributed by atoms with E-state index in [2.05, 4.69) is 10.4 Å². The first-order valence-electron chi connectivity index (χ1n) is 10.2. The Morgan fingerprint density at radius 1 is 1.16 bits per heavy atom. The number of hydrogen-bond acceptors (Lipinski definition) is 5. The van der Waals surface area contributed by atoms with Gasteiger partial charge in [0.15, 0.2) is 12.1 Å². The van der Waals surface area contributed by atoms with Crippen molar-refractivity contribution in [1.29, 1.82) is 0 Å². The molecule has 162 valence electrons. The predicted molar refractivity (Wildman–Crippen MR) is 112 cm³/mol. The van der Waals surface area contributed by atoms with E-state index in [-0.39, 0.29) is 18.6 Å². The molecule has 1 amide bonds. The van der Waals surface area contributed by atoms with Crippen LogP contribution >= 0.6 is 0 Å². The van der Waals surface area contributed by atoms with Crippen molar-refractivity contribution in [2.24, 2.45) is 0 Å². The number of ether oxygens (including phenoxy) is 3. The maximum atomic E-state index is 14.6. The smallest absolute Gasteiger partial charge is 0.411 e. The summed E-state index contributed by atoms with van der Waals surface area (Å²) < 4.78 is 32.5. The topological polar surface area (TPSA) is 74.6 Å². The van der Waals surface area contributed by atoms with Crippen LogP contribution < -0.4 is 5.32 Å². The molecule has 1 saturated heterocycles. The van der Waals surface area contributed by atoms with Gasteiger partial charge in [-0.2, -0.15) is 5.10 Å². The van der Waals surface area contributed by atoms with Gasteiger partial charge >= 0.3 is 6.09 Å². The number of hydrogen-bond donors (Lipinski definition) is 1. The summed E-state index contributed by atoms with van der Waals surface area (Å²) in [7, 11) is 0. The van der Waals surface area contributed by atoms with Crippen molar-refractivity contribution in [2.75, 3.05) is 11.9 Å². The molecule has 8 heteroatoms. The van der Waals surface area contributed by atoms with Gasteiger partial charge in [-0.3, -0.25) is 5.32 Å². The van der Waals surface area contributed by atoms with E-state index in [1.165, 1.54) is 10.7 Å². The molecule has 1 atom stereocenters. The van der Waals surface area contributed by atoms with E-state index < -0.39 is 11.9 Å². The predicted octanol–water partition coefficient (Wildman–Crippen LogP) is 4.80. The Morgan fingerprint density at radius 2 is 2.03 bits per heavy atom. The van der Waals surface area contributed by atoms with Crippen LogP contribution in [0.25, 0.3) is 5.69 Å². The number of rotatable bonds is 7. The lowest BCUT2D eigenvalue weighted by Gasteiger charge is -2.22. The molecule has 0 bridgehead atoms. The lowest BCUT2D eigenvalue weighted by Crippen LogP contribution is -2.21. The summed E-state index contributed by atoms with van der Waals surface area (Å²) in [4.78, 5) is 12.0. The standard InChI is InChI=1S/C23H24FN3O4/c24-20-12-19(26-23(28)31-15-17-6-2-1-3-7-17)9-10-21(20)27-14-18(13-25-27)16-30-22-8-4-5-11-29-22/h1-3,6-7,9-10,12-14,22H,4-5,8,11,15-16H2,(H,26,28). The Bertz CT molecular complexity index is 1000. The molecule has 1 aliphatic rings. The van der Waals surface area contributed by atoms with Gasteiger partial charge < -0.3 is 14.2 Å². The van der Waals surface area contributed by atoms with Crippen molar-refractivity contribution < 1.29 is 23.4 Å². The number of carbonyl (C=O) groups excluding carboxylic acids is 1. The molecule has 0 radical (unpaired) electrons. The van der Waals surface area contributed by atoms with Crippen molar-refractivity contribution in [2.45, 2.75) is 38.8 Å². The minimum absolute atomic E-state index is 0.136. The SMILES string of the molecule is O=C(Nc1ccc(-n2cc(COC3CCCCO3)cn2)c(F)c1)OCc1ccccc1. The average molecular weight is 425 g/mol. The summed E-state index contributed by atoms with van der Waals surface area (Å²) in [5, 5.41) is 6.74. The second kappa shape index (κ2) is 10.2. The van der Waals surface area contributed by atoms with Gasteiger partial charge in [-0.1, -0.05) is 30.3 Å². The molecule has 1 fully saturated rings. The van der Waals surface area contributed by atoms with E-state index in [0.717, 1.165) is 37.0 Å². The minimum atomic E-state index is -0.653. The number of nitrogens with zero attached hydrogens (tertiary/aromatic N) is 2. The van der Waals surface area contributed by atoms with Crippen molar-refractivity contribution in [3.05, 3.63) is 77.9 Å². The summed E-state index contributed by atoms with van der Waals surface area (Å²) in [6, 6.07) is 13.7. The zero-order valence-electron chi connectivity index (χ0n) is 17.0. The maximum Gasteiger partial charge on any atom is 0.411 e. The number of anilines is 1. The van der Waals surface area contributed by atoms with E-state index in [1.54, 1.807) is 24.5 Å². The summed E-state index contributed by atoms with van der Waals surface area (Å²) >= 11 is 0. The van der Waals surface area contributed by atoms with Crippen LogP contribution in [0.4, 0.5) is 14.9 Å². The van der Waals surface area contributed by atoms with Crippen molar-refractivity contribution >= 4 is 11.8 Å². The van der Waals surface area contributed by atoms with Crippen molar-refractivity contribution in [3.63, 3.8) is 0 Å². The molecule has 1 N–H and O–H groups in total. The fraction of sp³-hybridized carbons (Fsp3) is 0.304. The van der Waals surface area contributed by atoms with Crippen LogP contribution in [-0.4, -0.2) is 28.8 Å². The lowest BCUT2D eigenvalue weighted by molar-refractivity contribution is -0.168. The van der Waals surface area contributed by atoms with Gasteiger partial charge in [0.05, 0.1) is 12.8 Å². The normalized spacial score (nSPS) is 16.1. The molecule has 2 aromatic carbocycles. The lowest BCUT2D eigenvalue weighted by atomic mass is 10.2. The van der Waals surface area contributed by atoms with Gasteiger partial charge in [0, 0.05) is 24.1 Å². The number of aromatic nitrogens is 2. The number of benzene rings is 2. The van der Waals surface area contributed by atoms with Gasteiger partial charge in [-0.25, -0.2) is 13.9 Å². The fourth-order valence-electron chi connectivity index (χ4n) is 3.25. The number of carbonyl (C=O) groups is 1. The molecular weight excluding hydrogens is 401 g/mol. The Hall–Kier alpha value is -3.23. The summed E-state index contributed by atoms with van der Waals surface area (Å²) in [5.74, 6) is -0.521. The molecular formula is C23H24FN3O4. The van der Waals surface area contributed by atoms with Crippen LogP contribution in [0, 0.1) is 5.82 Å². The molecule has 0 aliphatic carbocycles.